The first kappa shape index (κ1) is 21.5. The molecule has 0 bridgehead atoms. The van der Waals surface area contributed by atoms with Crippen molar-refractivity contribution in [1.29, 1.82) is 0 Å². The van der Waals surface area contributed by atoms with Crippen LogP contribution in [-0.2, 0) is 16.2 Å². The molecule has 8 nitrogen and oxygen atoms in total. The minimum absolute atomic E-state index is 0.0947. The Hall–Kier alpha value is -3.25. The summed E-state index contributed by atoms with van der Waals surface area (Å²) >= 11 is 0. The fourth-order valence-corrected chi connectivity index (χ4v) is 3.72. The normalized spacial score (nSPS) is 11.8. The van der Waals surface area contributed by atoms with E-state index in [1.165, 1.54) is 6.07 Å². The highest BCUT2D eigenvalue weighted by molar-refractivity contribution is 7.89. The molecule has 0 aliphatic carbocycles. The topological polar surface area (TPSA) is 109 Å². The summed E-state index contributed by atoms with van der Waals surface area (Å²) in [6.07, 6.45) is -1.51. The van der Waals surface area contributed by atoms with E-state index in [9.17, 15) is 21.6 Å². The van der Waals surface area contributed by atoms with Crippen LogP contribution in [0.3, 0.4) is 0 Å². The number of halogens is 3. The summed E-state index contributed by atoms with van der Waals surface area (Å²) in [4.78, 5) is 3.15. The number of aromatic nitrogens is 3. The van der Waals surface area contributed by atoms with Crippen LogP contribution in [-0.4, -0.2) is 36.7 Å². The molecule has 0 atom stereocenters. The molecule has 3 rings (SSSR count). The predicted octanol–water partition coefficient (Wildman–Crippen LogP) is 3.02. The molecule has 0 fully saturated rings. The Morgan fingerprint density at radius 3 is 2.30 bits per heavy atom. The minimum Gasteiger partial charge on any atom is -0.367 e. The Morgan fingerprint density at radius 2 is 1.63 bits per heavy atom. The van der Waals surface area contributed by atoms with Crippen LogP contribution in [0.4, 0.5) is 30.5 Å². The largest absolute Gasteiger partial charge is 0.417 e. The molecule has 0 unspecified atom stereocenters. The van der Waals surface area contributed by atoms with E-state index in [-0.39, 0.29) is 13.1 Å². The van der Waals surface area contributed by atoms with Crippen molar-refractivity contribution in [1.82, 2.24) is 19.9 Å². The van der Waals surface area contributed by atoms with Crippen LogP contribution in [0.15, 0.2) is 65.8 Å². The number of benzene rings is 1. The number of nitrogens with zero attached hydrogens (tertiary/aromatic N) is 3. The standard InChI is InChI=1S/C18H17F3N6O2S/c19-18(20,21)14-5-1-2-6-15(14)30(28,29)24-11-10-23-16-7-8-17(27-26-16)25-13-4-3-9-22-12-13/h1-9,12,24H,10-11H2,(H,23,26)(H,25,27). The summed E-state index contributed by atoms with van der Waals surface area (Å²) in [5.41, 5.74) is -0.478. The number of pyridine rings is 1. The highest BCUT2D eigenvalue weighted by Gasteiger charge is 2.36. The highest BCUT2D eigenvalue weighted by atomic mass is 32.2. The van der Waals surface area contributed by atoms with Gasteiger partial charge >= 0.3 is 6.18 Å². The maximum Gasteiger partial charge on any atom is 0.417 e. The smallest absolute Gasteiger partial charge is 0.367 e. The van der Waals surface area contributed by atoms with E-state index in [1.807, 2.05) is 6.07 Å². The zero-order chi connectivity index (χ0) is 21.6. The van der Waals surface area contributed by atoms with Crippen LogP contribution in [0.1, 0.15) is 5.56 Å². The monoisotopic (exact) mass is 438 g/mol. The van der Waals surface area contributed by atoms with Gasteiger partial charge in [-0.25, -0.2) is 13.1 Å². The molecule has 30 heavy (non-hydrogen) atoms. The lowest BCUT2D eigenvalue weighted by molar-refractivity contribution is -0.139. The molecule has 12 heteroatoms. The van der Waals surface area contributed by atoms with Crippen molar-refractivity contribution in [2.24, 2.45) is 0 Å². The van der Waals surface area contributed by atoms with Crippen LogP contribution >= 0.6 is 0 Å². The van der Waals surface area contributed by atoms with Gasteiger partial charge in [0.2, 0.25) is 10.0 Å². The van der Waals surface area contributed by atoms with Gasteiger partial charge in [-0.2, -0.15) is 13.2 Å². The molecule has 1 aromatic carbocycles. The third kappa shape index (κ3) is 5.64. The second kappa shape index (κ2) is 9.05. The number of hydrogen-bond acceptors (Lipinski definition) is 7. The van der Waals surface area contributed by atoms with Crippen molar-refractivity contribution < 1.29 is 21.6 Å². The molecule has 0 aliphatic rings. The third-order valence-corrected chi connectivity index (χ3v) is 5.32. The Labute approximate surface area is 170 Å². The van der Waals surface area contributed by atoms with Gasteiger partial charge in [0.1, 0.15) is 5.82 Å². The first-order chi connectivity index (χ1) is 14.3. The number of hydrogen-bond donors (Lipinski definition) is 3. The van der Waals surface area contributed by atoms with Crippen molar-refractivity contribution in [3.63, 3.8) is 0 Å². The predicted molar refractivity (Wildman–Crippen MR) is 105 cm³/mol. The lowest BCUT2D eigenvalue weighted by Crippen LogP contribution is -2.30. The number of nitrogens with one attached hydrogen (secondary N) is 3. The highest BCUT2D eigenvalue weighted by Crippen LogP contribution is 2.33. The summed E-state index contributed by atoms with van der Waals surface area (Å²) in [6, 6.07) is 10.9. The van der Waals surface area contributed by atoms with Gasteiger partial charge < -0.3 is 10.6 Å². The van der Waals surface area contributed by atoms with Gasteiger partial charge in [0, 0.05) is 19.3 Å². The number of sulfonamides is 1. The molecule has 0 aliphatic heterocycles. The van der Waals surface area contributed by atoms with Crippen molar-refractivity contribution in [3.8, 4) is 0 Å². The molecule has 3 aromatic rings. The summed E-state index contributed by atoms with van der Waals surface area (Å²) in [6.45, 7) is -0.0522. The molecular formula is C18H17F3N6O2S. The van der Waals surface area contributed by atoms with E-state index in [0.717, 1.165) is 23.9 Å². The molecule has 0 saturated heterocycles. The van der Waals surface area contributed by atoms with Gasteiger partial charge in [0.25, 0.3) is 0 Å². The Morgan fingerprint density at radius 1 is 0.900 bits per heavy atom. The van der Waals surface area contributed by atoms with E-state index >= 15 is 0 Å². The van der Waals surface area contributed by atoms with Crippen LogP contribution in [0.5, 0.6) is 0 Å². The average molecular weight is 438 g/mol. The third-order valence-electron chi connectivity index (χ3n) is 3.80. The zero-order valence-electron chi connectivity index (χ0n) is 15.4. The van der Waals surface area contributed by atoms with Crippen molar-refractivity contribution in [3.05, 3.63) is 66.5 Å². The number of alkyl halides is 3. The number of anilines is 3. The SMILES string of the molecule is O=S(=O)(NCCNc1ccc(Nc2cccnc2)nn1)c1ccccc1C(F)(F)F. The molecule has 0 spiro atoms. The van der Waals surface area contributed by atoms with Gasteiger partial charge in [-0.05, 0) is 36.4 Å². The molecule has 0 amide bonds. The molecular weight excluding hydrogens is 421 g/mol. The van der Waals surface area contributed by atoms with E-state index in [1.54, 1.807) is 30.6 Å². The molecule has 2 heterocycles. The van der Waals surface area contributed by atoms with Crippen molar-refractivity contribution in [2.75, 3.05) is 23.7 Å². The van der Waals surface area contributed by atoms with Crippen molar-refractivity contribution >= 4 is 27.3 Å². The molecule has 0 radical (unpaired) electrons. The second-order valence-electron chi connectivity index (χ2n) is 5.99. The van der Waals surface area contributed by atoms with Crippen LogP contribution < -0.4 is 15.4 Å². The first-order valence-corrected chi connectivity index (χ1v) is 10.1. The summed E-state index contributed by atoms with van der Waals surface area (Å²) in [7, 11) is -4.33. The molecule has 3 N–H and O–H groups in total. The fraction of sp³-hybridized carbons (Fsp3) is 0.167. The summed E-state index contributed by atoms with van der Waals surface area (Å²) in [5, 5.41) is 13.8. The van der Waals surface area contributed by atoms with Crippen LogP contribution in [0.2, 0.25) is 0 Å². The van der Waals surface area contributed by atoms with Gasteiger partial charge in [0.05, 0.1) is 22.3 Å². The minimum atomic E-state index is -4.77. The van der Waals surface area contributed by atoms with Gasteiger partial charge in [-0.3, -0.25) is 4.98 Å². The second-order valence-corrected chi connectivity index (χ2v) is 7.72. The van der Waals surface area contributed by atoms with Gasteiger partial charge in [-0.1, -0.05) is 12.1 Å². The van der Waals surface area contributed by atoms with Crippen LogP contribution in [0, 0.1) is 0 Å². The van der Waals surface area contributed by atoms with E-state index in [0.29, 0.717) is 11.6 Å². The zero-order valence-corrected chi connectivity index (χ0v) is 16.2. The number of rotatable bonds is 8. The molecule has 2 aromatic heterocycles. The first-order valence-electron chi connectivity index (χ1n) is 8.66. The average Bonchev–Trinajstić information content (AvgIpc) is 2.72. The Balaban J connectivity index is 1.54. The maximum atomic E-state index is 13.0. The van der Waals surface area contributed by atoms with Crippen molar-refractivity contribution in [2.45, 2.75) is 11.1 Å². The van der Waals surface area contributed by atoms with Crippen LogP contribution in [0.25, 0.3) is 0 Å². The van der Waals surface area contributed by atoms with Gasteiger partial charge in [-0.15, -0.1) is 10.2 Å². The Kier molecular flexibility index (Phi) is 6.47. The summed E-state index contributed by atoms with van der Waals surface area (Å²) < 4.78 is 65.7. The Bertz CT molecular complexity index is 1080. The van der Waals surface area contributed by atoms with Gasteiger partial charge in [0.15, 0.2) is 5.82 Å². The van der Waals surface area contributed by atoms with E-state index in [4.69, 9.17) is 0 Å². The summed E-state index contributed by atoms with van der Waals surface area (Å²) in [5.74, 6) is 0.861. The molecule has 158 valence electrons. The maximum absolute atomic E-state index is 13.0. The lowest BCUT2D eigenvalue weighted by Gasteiger charge is -2.14. The molecule has 0 saturated carbocycles. The lowest BCUT2D eigenvalue weighted by atomic mass is 10.2. The van der Waals surface area contributed by atoms with E-state index in [2.05, 4.69) is 30.5 Å². The fourth-order valence-electron chi connectivity index (χ4n) is 2.47. The quantitative estimate of drug-likeness (QED) is 0.464. The van der Waals surface area contributed by atoms with E-state index < -0.39 is 26.7 Å².